The number of nitrogens with zero attached hydrogens (tertiary/aromatic N) is 2. The lowest BCUT2D eigenvalue weighted by Gasteiger charge is -2.11. The summed E-state index contributed by atoms with van der Waals surface area (Å²) in [6, 6.07) is 10.6. The molecule has 2 aromatic rings. The van der Waals surface area contributed by atoms with Crippen molar-refractivity contribution in [3.8, 4) is 0 Å². The quantitative estimate of drug-likeness (QED) is 0.517. The van der Waals surface area contributed by atoms with Crippen molar-refractivity contribution in [2.45, 2.75) is 33.7 Å². The highest BCUT2D eigenvalue weighted by molar-refractivity contribution is 5.90. The number of halogens is 1. The molecule has 27 heavy (non-hydrogen) atoms. The number of hydrogen-bond acceptors (Lipinski definition) is 3. The Hall–Kier alpha value is -2.96. The number of amides is 1. The first-order valence-corrected chi connectivity index (χ1v) is 8.98. The van der Waals surface area contributed by atoms with Gasteiger partial charge in [-0.2, -0.15) is 0 Å². The van der Waals surface area contributed by atoms with Gasteiger partial charge in [0.05, 0.1) is 6.54 Å². The number of carbonyl (C=O) groups excluding carboxylic acids is 1. The maximum absolute atomic E-state index is 13.6. The van der Waals surface area contributed by atoms with Crippen molar-refractivity contribution in [3.63, 3.8) is 0 Å². The maximum Gasteiger partial charge on any atom is 0.227 e. The molecule has 2 rings (SSSR count). The number of rotatable bonds is 7. The Morgan fingerprint density at radius 2 is 2.00 bits per heavy atom. The van der Waals surface area contributed by atoms with E-state index in [1.54, 1.807) is 19.1 Å². The van der Waals surface area contributed by atoms with Crippen LogP contribution in [-0.4, -0.2) is 29.9 Å². The van der Waals surface area contributed by atoms with Crippen molar-refractivity contribution in [2.75, 3.05) is 18.4 Å². The Morgan fingerprint density at radius 1 is 1.19 bits per heavy atom. The molecule has 0 radical (unpaired) electrons. The molecule has 6 nitrogen and oxygen atoms in total. The SMILES string of the molecule is CCNC(=NCc1ccc(C)c(F)c1)NCCC(=O)Nc1cccc(C)n1. The summed E-state index contributed by atoms with van der Waals surface area (Å²) in [4.78, 5) is 20.7. The van der Waals surface area contributed by atoms with Gasteiger partial charge in [-0.05, 0) is 50.1 Å². The maximum atomic E-state index is 13.6. The van der Waals surface area contributed by atoms with Gasteiger partial charge in [-0.25, -0.2) is 14.4 Å². The fraction of sp³-hybridized carbons (Fsp3) is 0.350. The van der Waals surface area contributed by atoms with Gasteiger partial charge >= 0.3 is 0 Å². The molecule has 0 aliphatic carbocycles. The van der Waals surface area contributed by atoms with Crippen molar-refractivity contribution >= 4 is 17.7 Å². The van der Waals surface area contributed by atoms with Crippen LogP contribution >= 0.6 is 0 Å². The second-order valence-corrected chi connectivity index (χ2v) is 6.17. The van der Waals surface area contributed by atoms with E-state index in [2.05, 4.69) is 25.9 Å². The molecule has 1 heterocycles. The number of nitrogens with one attached hydrogen (secondary N) is 3. The zero-order chi connectivity index (χ0) is 19.6. The summed E-state index contributed by atoms with van der Waals surface area (Å²) in [5.74, 6) is 0.765. The van der Waals surface area contributed by atoms with Crippen LogP contribution in [0.1, 0.15) is 30.2 Å². The van der Waals surface area contributed by atoms with E-state index in [1.165, 1.54) is 6.07 Å². The first-order valence-electron chi connectivity index (χ1n) is 8.98. The molecular formula is C20H26FN5O. The van der Waals surface area contributed by atoms with Crippen LogP contribution in [0.3, 0.4) is 0 Å². The summed E-state index contributed by atoms with van der Waals surface area (Å²) < 4.78 is 13.6. The van der Waals surface area contributed by atoms with Gasteiger partial charge in [0.2, 0.25) is 5.91 Å². The van der Waals surface area contributed by atoms with E-state index in [0.717, 1.165) is 11.3 Å². The zero-order valence-electron chi connectivity index (χ0n) is 16.0. The fourth-order valence-corrected chi connectivity index (χ4v) is 2.36. The van der Waals surface area contributed by atoms with Gasteiger partial charge in [0.15, 0.2) is 5.96 Å². The average Bonchev–Trinajstić information content (AvgIpc) is 2.62. The van der Waals surface area contributed by atoms with Crippen LogP contribution in [0.2, 0.25) is 0 Å². The number of hydrogen-bond donors (Lipinski definition) is 3. The van der Waals surface area contributed by atoms with E-state index in [1.807, 2.05) is 32.0 Å². The molecule has 0 saturated heterocycles. The number of pyridine rings is 1. The summed E-state index contributed by atoms with van der Waals surface area (Å²) >= 11 is 0. The molecule has 3 N–H and O–H groups in total. The molecule has 1 amide bonds. The summed E-state index contributed by atoms with van der Waals surface area (Å²) in [6.07, 6.45) is 0.277. The molecule has 0 aliphatic heterocycles. The van der Waals surface area contributed by atoms with Crippen LogP contribution in [0.15, 0.2) is 41.4 Å². The largest absolute Gasteiger partial charge is 0.357 e. The lowest BCUT2D eigenvalue weighted by Crippen LogP contribution is -2.38. The Balaban J connectivity index is 1.84. The Bertz CT molecular complexity index is 807. The molecule has 0 bridgehead atoms. The fourth-order valence-electron chi connectivity index (χ4n) is 2.36. The van der Waals surface area contributed by atoms with E-state index < -0.39 is 0 Å². The van der Waals surface area contributed by atoms with Crippen LogP contribution < -0.4 is 16.0 Å². The Morgan fingerprint density at radius 3 is 2.70 bits per heavy atom. The van der Waals surface area contributed by atoms with Gasteiger partial charge in [-0.1, -0.05) is 18.2 Å². The van der Waals surface area contributed by atoms with Gasteiger partial charge in [0, 0.05) is 25.2 Å². The minimum atomic E-state index is -0.234. The Kier molecular flexibility index (Phi) is 7.73. The second-order valence-electron chi connectivity index (χ2n) is 6.17. The smallest absolute Gasteiger partial charge is 0.227 e. The van der Waals surface area contributed by atoms with E-state index in [-0.39, 0.29) is 18.1 Å². The highest BCUT2D eigenvalue weighted by Crippen LogP contribution is 2.10. The van der Waals surface area contributed by atoms with E-state index in [0.29, 0.717) is 37.0 Å². The lowest BCUT2D eigenvalue weighted by molar-refractivity contribution is -0.116. The number of aliphatic imine (C=N–C) groups is 1. The monoisotopic (exact) mass is 371 g/mol. The van der Waals surface area contributed by atoms with Crippen molar-refractivity contribution in [2.24, 2.45) is 4.99 Å². The minimum Gasteiger partial charge on any atom is -0.357 e. The third-order valence-electron chi connectivity index (χ3n) is 3.80. The predicted octanol–water partition coefficient (Wildman–Crippen LogP) is 2.92. The molecule has 0 fully saturated rings. The topological polar surface area (TPSA) is 78.4 Å². The first-order chi connectivity index (χ1) is 13.0. The summed E-state index contributed by atoms with van der Waals surface area (Å²) in [6.45, 7) is 7.02. The summed E-state index contributed by atoms with van der Waals surface area (Å²) in [5.41, 5.74) is 2.25. The zero-order valence-corrected chi connectivity index (χ0v) is 16.0. The van der Waals surface area contributed by atoms with Crippen LogP contribution in [0.25, 0.3) is 0 Å². The van der Waals surface area contributed by atoms with Crippen LogP contribution in [0.4, 0.5) is 10.2 Å². The number of guanidine groups is 1. The molecule has 1 aromatic carbocycles. The molecule has 0 aliphatic rings. The molecule has 144 valence electrons. The number of aromatic nitrogens is 1. The normalized spacial score (nSPS) is 11.2. The van der Waals surface area contributed by atoms with Crippen LogP contribution in [0, 0.1) is 19.7 Å². The van der Waals surface area contributed by atoms with Gasteiger partial charge in [-0.15, -0.1) is 0 Å². The van der Waals surface area contributed by atoms with Crippen LogP contribution in [-0.2, 0) is 11.3 Å². The first kappa shape index (κ1) is 20.4. The van der Waals surface area contributed by atoms with Crippen molar-refractivity contribution in [1.82, 2.24) is 15.6 Å². The molecule has 0 spiro atoms. The van der Waals surface area contributed by atoms with E-state index >= 15 is 0 Å². The standard InChI is InChI=1S/C20H26FN5O/c1-4-22-20(24-13-16-9-8-14(2)17(21)12-16)23-11-10-19(27)26-18-7-5-6-15(3)25-18/h5-9,12H,4,10-11,13H2,1-3H3,(H2,22,23,24)(H,25,26,27). The molecule has 0 unspecified atom stereocenters. The Labute approximate surface area is 159 Å². The third kappa shape index (κ3) is 7.05. The second kappa shape index (κ2) is 10.3. The molecular weight excluding hydrogens is 345 g/mol. The van der Waals surface area contributed by atoms with E-state index in [9.17, 15) is 9.18 Å². The van der Waals surface area contributed by atoms with Gasteiger partial charge in [-0.3, -0.25) is 4.79 Å². The molecule has 1 aromatic heterocycles. The highest BCUT2D eigenvalue weighted by Gasteiger charge is 2.05. The number of benzene rings is 1. The minimum absolute atomic E-state index is 0.128. The predicted molar refractivity (Wildman–Crippen MR) is 106 cm³/mol. The van der Waals surface area contributed by atoms with Crippen molar-refractivity contribution in [1.29, 1.82) is 0 Å². The molecule has 7 heteroatoms. The van der Waals surface area contributed by atoms with Gasteiger partial charge in [0.1, 0.15) is 11.6 Å². The van der Waals surface area contributed by atoms with Gasteiger partial charge < -0.3 is 16.0 Å². The average molecular weight is 371 g/mol. The van der Waals surface area contributed by atoms with Crippen LogP contribution in [0.5, 0.6) is 0 Å². The molecule has 0 saturated carbocycles. The van der Waals surface area contributed by atoms with Crippen molar-refractivity contribution < 1.29 is 9.18 Å². The number of anilines is 1. The number of carbonyl (C=O) groups is 1. The highest BCUT2D eigenvalue weighted by atomic mass is 19.1. The third-order valence-corrected chi connectivity index (χ3v) is 3.80. The molecule has 0 atom stereocenters. The van der Waals surface area contributed by atoms with Crippen molar-refractivity contribution in [3.05, 3.63) is 59.0 Å². The van der Waals surface area contributed by atoms with E-state index in [4.69, 9.17) is 0 Å². The summed E-state index contributed by atoms with van der Waals surface area (Å²) in [5, 5.41) is 8.99. The van der Waals surface area contributed by atoms with Gasteiger partial charge in [0.25, 0.3) is 0 Å². The summed E-state index contributed by atoms with van der Waals surface area (Å²) in [7, 11) is 0. The number of aryl methyl sites for hydroxylation is 2. The lowest BCUT2D eigenvalue weighted by atomic mass is 10.1.